The van der Waals surface area contributed by atoms with Gasteiger partial charge in [0.2, 0.25) is 5.91 Å². The molecule has 0 aliphatic rings. The number of esters is 1. The Bertz CT molecular complexity index is 1070. The second-order valence-corrected chi connectivity index (χ2v) is 8.72. The highest BCUT2D eigenvalue weighted by molar-refractivity contribution is 7.87. The van der Waals surface area contributed by atoms with Crippen molar-refractivity contribution in [3.63, 3.8) is 0 Å². The minimum atomic E-state index is -4.03. The van der Waals surface area contributed by atoms with Gasteiger partial charge in [-0.15, -0.1) is 0 Å². The SMILES string of the molecule is COc1cc(/C=C/C(=O)NCCC(=O)OC(C)C)ccc1OS(=O)(=O)c1ccc(C)cc1. The monoisotopic (exact) mass is 461 g/mol. The largest absolute Gasteiger partial charge is 0.493 e. The van der Waals surface area contributed by atoms with Gasteiger partial charge in [0, 0.05) is 12.6 Å². The van der Waals surface area contributed by atoms with Gasteiger partial charge >= 0.3 is 16.1 Å². The van der Waals surface area contributed by atoms with Gasteiger partial charge in [-0.3, -0.25) is 9.59 Å². The van der Waals surface area contributed by atoms with Crippen molar-refractivity contribution in [3.05, 3.63) is 59.7 Å². The first-order valence-electron chi connectivity index (χ1n) is 9.95. The molecule has 0 fully saturated rings. The number of rotatable bonds is 10. The number of carbonyl (C=O) groups is 2. The molecule has 0 saturated carbocycles. The number of amides is 1. The fourth-order valence-electron chi connectivity index (χ4n) is 2.57. The maximum absolute atomic E-state index is 12.5. The molecule has 0 heterocycles. The molecule has 1 N–H and O–H groups in total. The Kier molecular flexibility index (Phi) is 8.83. The molecule has 0 spiro atoms. The summed E-state index contributed by atoms with van der Waals surface area (Å²) in [7, 11) is -2.64. The normalized spacial score (nSPS) is 11.4. The molecule has 0 aromatic heterocycles. The van der Waals surface area contributed by atoms with Crippen molar-refractivity contribution < 1.29 is 31.7 Å². The summed E-state index contributed by atoms with van der Waals surface area (Å²) in [6.45, 7) is 5.51. The van der Waals surface area contributed by atoms with Crippen LogP contribution in [-0.2, 0) is 24.4 Å². The molecule has 0 aliphatic carbocycles. The molecule has 1 amide bonds. The number of hydrogen-bond donors (Lipinski definition) is 1. The molecule has 0 unspecified atom stereocenters. The second-order valence-electron chi connectivity index (χ2n) is 7.17. The Morgan fingerprint density at radius 3 is 2.38 bits per heavy atom. The molecular formula is C23H27NO7S. The summed E-state index contributed by atoms with van der Waals surface area (Å²) < 4.78 is 40.5. The van der Waals surface area contributed by atoms with E-state index in [1.807, 2.05) is 6.92 Å². The molecule has 2 rings (SSSR count). The zero-order valence-corrected chi connectivity index (χ0v) is 19.3. The lowest BCUT2D eigenvalue weighted by molar-refractivity contribution is -0.147. The van der Waals surface area contributed by atoms with Crippen molar-refractivity contribution in [2.45, 2.75) is 38.2 Å². The first-order valence-corrected chi connectivity index (χ1v) is 11.4. The van der Waals surface area contributed by atoms with E-state index in [-0.39, 0.29) is 47.3 Å². The topological polar surface area (TPSA) is 108 Å². The molecule has 172 valence electrons. The lowest BCUT2D eigenvalue weighted by atomic mass is 10.2. The molecule has 0 bridgehead atoms. The van der Waals surface area contributed by atoms with E-state index < -0.39 is 10.1 Å². The minimum Gasteiger partial charge on any atom is -0.493 e. The van der Waals surface area contributed by atoms with Crippen LogP contribution in [-0.4, -0.2) is 40.1 Å². The molecule has 32 heavy (non-hydrogen) atoms. The van der Waals surface area contributed by atoms with Crippen molar-refractivity contribution in [1.29, 1.82) is 0 Å². The lowest BCUT2D eigenvalue weighted by Gasteiger charge is -2.11. The highest BCUT2D eigenvalue weighted by Crippen LogP contribution is 2.31. The Hall–Kier alpha value is -3.33. The standard InChI is InChI=1S/C23H27NO7S/c1-16(2)30-23(26)13-14-24-22(25)12-8-18-7-11-20(21(15-18)29-4)31-32(27,28)19-9-5-17(3)6-10-19/h5-12,15-16H,13-14H2,1-4H3,(H,24,25)/b12-8+. The van der Waals surface area contributed by atoms with Crippen molar-refractivity contribution >= 4 is 28.1 Å². The average molecular weight is 462 g/mol. The van der Waals surface area contributed by atoms with Gasteiger partial charge in [0.25, 0.3) is 0 Å². The molecule has 2 aromatic carbocycles. The smallest absolute Gasteiger partial charge is 0.339 e. The van der Waals surface area contributed by atoms with Gasteiger partial charge in [-0.05, 0) is 56.7 Å². The summed E-state index contributed by atoms with van der Waals surface area (Å²) >= 11 is 0. The highest BCUT2D eigenvalue weighted by Gasteiger charge is 2.19. The molecule has 8 nitrogen and oxygen atoms in total. The number of ether oxygens (including phenoxy) is 2. The van der Waals surface area contributed by atoms with E-state index >= 15 is 0 Å². The van der Waals surface area contributed by atoms with Gasteiger partial charge < -0.3 is 19.0 Å². The number of hydrogen-bond acceptors (Lipinski definition) is 7. The van der Waals surface area contributed by atoms with Crippen LogP contribution in [0.1, 0.15) is 31.4 Å². The van der Waals surface area contributed by atoms with Gasteiger partial charge in [-0.2, -0.15) is 8.42 Å². The van der Waals surface area contributed by atoms with Gasteiger partial charge in [-0.1, -0.05) is 23.8 Å². The van der Waals surface area contributed by atoms with E-state index in [9.17, 15) is 18.0 Å². The molecule has 0 atom stereocenters. The van der Waals surface area contributed by atoms with E-state index in [0.717, 1.165) is 5.56 Å². The van der Waals surface area contributed by atoms with E-state index in [1.165, 1.54) is 37.5 Å². The van der Waals surface area contributed by atoms with Crippen molar-refractivity contribution in [2.75, 3.05) is 13.7 Å². The third-order valence-electron chi connectivity index (χ3n) is 4.12. The third-order valence-corrected chi connectivity index (χ3v) is 5.37. The van der Waals surface area contributed by atoms with Crippen LogP contribution in [0.4, 0.5) is 0 Å². The van der Waals surface area contributed by atoms with Crippen LogP contribution < -0.4 is 14.2 Å². The third kappa shape index (κ3) is 7.73. The number of aryl methyl sites for hydroxylation is 1. The Labute approximate surface area is 188 Å². The van der Waals surface area contributed by atoms with Crippen LogP contribution in [0.25, 0.3) is 6.08 Å². The average Bonchev–Trinajstić information content (AvgIpc) is 2.72. The Balaban J connectivity index is 2.01. The van der Waals surface area contributed by atoms with Crippen LogP contribution in [0.2, 0.25) is 0 Å². The Morgan fingerprint density at radius 1 is 1.06 bits per heavy atom. The highest BCUT2D eigenvalue weighted by atomic mass is 32.2. The van der Waals surface area contributed by atoms with Gasteiger partial charge in [-0.25, -0.2) is 0 Å². The number of benzene rings is 2. The quantitative estimate of drug-likeness (QED) is 0.329. The van der Waals surface area contributed by atoms with Crippen LogP contribution in [0.5, 0.6) is 11.5 Å². The maximum Gasteiger partial charge on any atom is 0.339 e. The fourth-order valence-corrected chi connectivity index (χ4v) is 3.51. The van der Waals surface area contributed by atoms with E-state index in [2.05, 4.69) is 5.32 Å². The summed E-state index contributed by atoms with van der Waals surface area (Å²) in [5.41, 5.74) is 1.52. The first kappa shape index (κ1) is 24.9. The zero-order chi connectivity index (χ0) is 23.7. The molecule has 2 aromatic rings. The summed E-state index contributed by atoms with van der Waals surface area (Å²) in [5, 5.41) is 2.59. The second kappa shape index (κ2) is 11.3. The van der Waals surface area contributed by atoms with Crippen molar-refractivity contribution in [3.8, 4) is 11.5 Å². The van der Waals surface area contributed by atoms with Gasteiger partial charge in [0.05, 0.1) is 19.6 Å². The Morgan fingerprint density at radius 2 is 1.75 bits per heavy atom. The minimum absolute atomic E-state index is 0.0262. The van der Waals surface area contributed by atoms with Crippen LogP contribution in [0, 0.1) is 6.92 Å². The van der Waals surface area contributed by atoms with E-state index in [0.29, 0.717) is 5.56 Å². The summed E-state index contributed by atoms with van der Waals surface area (Å²) in [6.07, 6.45) is 2.70. The van der Waals surface area contributed by atoms with Crippen LogP contribution >= 0.6 is 0 Å². The van der Waals surface area contributed by atoms with Crippen molar-refractivity contribution in [2.24, 2.45) is 0 Å². The number of methoxy groups -OCH3 is 1. The number of nitrogens with one attached hydrogen (secondary N) is 1. The van der Waals surface area contributed by atoms with E-state index in [1.54, 1.807) is 38.1 Å². The predicted octanol–water partition coefficient (Wildman–Crippen LogP) is 3.24. The first-order chi connectivity index (χ1) is 15.1. The zero-order valence-electron chi connectivity index (χ0n) is 18.5. The summed E-state index contributed by atoms with van der Waals surface area (Å²) in [6, 6.07) is 10.9. The van der Waals surface area contributed by atoms with Gasteiger partial charge in [0.15, 0.2) is 11.5 Å². The molecule has 9 heteroatoms. The molecular weight excluding hydrogens is 434 g/mol. The van der Waals surface area contributed by atoms with Crippen LogP contribution in [0.3, 0.4) is 0 Å². The molecule has 0 radical (unpaired) electrons. The van der Waals surface area contributed by atoms with E-state index in [4.69, 9.17) is 13.7 Å². The molecule has 0 saturated heterocycles. The maximum atomic E-state index is 12.5. The summed E-state index contributed by atoms with van der Waals surface area (Å²) in [4.78, 5) is 23.4. The molecule has 0 aliphatic heterocycles. The predicted molar refractivity (Wildman–Crippen MR) is 120 cm³/mol. The van der Waals surface area contributed by atoms with Gasteiger partial charge in [0.1, 0.15) is 4.90 Å². The van der Waals surface area contributed by atoms with Crippen molar-refractivity contribution in [1.82, 2.24) is 5.32 Å². The fraction of sp³-hybridized carbons (Fsp3) is 0.304. The number of carbonyl (C=O) groups excluding carboxylic acids is 2. The lowest BCUT2D eigenvalue weighted by Crippen LogP contribution is -2.25. The van der Waals surface area contributed by atoms with Crippen LogP contribution in [0.15, 0.2) is 53.4 Å². The summed E-state index contributed by atoms with van der Waals surface area (Å²) in [5.74, 6) is -0.549.